The fraction of sp³-hybridized carbons (Fsp3) is 0.294. The van der Waals surface area contributed by atoms with Gasteiger partial charge in [0, 0.05) is 36.7 Å². The minimum Gasteiger partial charge on any atom is -0.399 e. The average molecular weight is 269 g/mol. The molecule has 0 spiro atoms. The van der Waals surface area contributed by atoms with Gasteiger partial charge in [0.2, 0.25) is 0 Å². The Balaban J connectivity index is 1.97. The summed E-state index contributed by atoms with van der Waals surface area (Å²) in [6, 6.07) is 16.5. The number of nitrogen functional groups attached to an aromatic ring is 1. The van der Waals surface area contributed by atoms with Crippen molar-refractivity contribution in [2.45, 2.75) is 20.4 Å². The summed E-state index contributed by atoms with van der Waals surface area (Å²) in [5.41, 5.74) is 10.2. The number of nitrogens with zero attached hydrogens (tertiary/aromatic N) is 1. The van der Waals surface area contributed by atoms with Gasteiger partial charge in [0.1, 0.15) is 0 Å². The van der Waals surface area contributed by atoms with E-state index >= 15 is 0 Å². The van der Waals surface area contributed by atoms with Gasteiger partial charge in [-0.3, -0.25) is 0 Å². The van der Waals surface area contributed by atoms with Gasteiger partial charge < -0.3 is 16.0 Å². The molecule has 0 aromatic heterocycles. The number of nitrogens with two attached hydrogens (primary N) is 1. The number of benzene rings is 2. The van der Waals surface area contributed by atoms with Crippen molar-refractivity contribution in [2.24, 2.45) is 0 Å². The summed E-state index contributed by atoms with van der Waals surface area (Å²) in [6.07, 6.45) is 0. The SMILES string of the molecule is CCN(CC)c1ccc(NCc2cccc(N)c2)cc1. The molecule has 2 aromatic carbocycles. The number of anilines is 3. The summed E-state index contributed by atoms with van der Waals surface area (Å²) in [5, 5.41) is 3.42. The van der Waals surface area contributed by atoms with Crippen LogP contribution in [0, 0.1) is 0 Å². The predicted molar refractivity (Wildman–Crippen MR) is 88.2 cm³/mol. The second-order valence-corrected chi connectivity index (χ2v) is 4.82. The lowest BCUT2D eigenvalue weighted by Gasteiger charge is -2.21. The molecule has 20 heavy (non-hydrogen) atoms. The molecule has 3 N–H and O–H groups in total. The standard InChI is InChI=1S/C17H23N3/c1-3-20(4-2)17-10-8-16(9-11-17)19-13-14-6-5-7-15(18)12-14/h5-12,19H,3-4,13,18H2,1-2H3. The number of rotatable bonds is 6. The van der Waals surface area contributed by atoms with Crippen LogP contribution < -0.4 is 16.0 Å². The molecule has 2 rings (SSSR count). The van der Waals surface area contributed by atoms with Gasteiger partial charge in [-0.1, -0.05) is 12.1 Å². The lowest BCUT2D eigenvalue weighted by molar-refractivity contribution is 0.866. The molecule has 3 nitrogen and oxygen atoms in total. The summed E-state index contributed by atoms with van der Waals surface area (Å²) in [4.78, 5) is 2.33. The first-order chi connectivity index (χ1) is 9.72. The highest BCUT2D eigenvalue weighted by Gasteiger charge is 2.01. The van der Waals surface area contributed by atoms with E-state index in [9.17, 15) is 0 Å². The van der Waals surface area contributed by atoms with Gasteiger partial charge in [0.05, 0.1) is 0 Å². The second-order valence-electron chi connectivity index (χ2n) is 4.82. The number of nitrogens with one attached hydrogen (secondary N) is 1. The van der Waals surface area contributed by atoms with Crippen LogP contribution in [0.25, 0.3) is 0 Å². The fourth-order valence-corrected chi connectivity index (χ4v) is 2.29. The van der Waals surface area contributed by atoms with Crippen LogP contribution in [-0.2, 0) is 6.54 Å². The van der Waals surface area contributed by atoms with Crippen molar-refractivity contribution in [1.82, 2.24) is 0 Å². The maximum Gasteiger partial charge on any atom is 0.0401 e. The maximum absolute atomic E-state index is 5.78. The van der Waals surface area contributed by atoms with Gasteiger partial charge in [0.25, 0.3) is 0 Å². The number of hydrogen-bond acceptors (Lipinski definition) is 3. The van der Waals surface area contributed by atoms with Gasteiger partial charge in [0.15, 0.2) is 0 Å². The highest BCUT2D eigenvalue weighted by atomic mass is 15.1. The van der Waals surface area contributed by atoms with Crippen LogP contribution in [-0.4, -0.2) is 13.1 Å². The molecule has 0 amide bonds. The minimum absolute atomic E-state index is 0.787. The molecule has 0 saturated heterocycles. The van der Waals surface area contributed by atoms with Crippen LogP contribution in [0.3, 0.4) is 0 Å². The van der Waals surface area contributed by atoms with E-state index in [2.05, 4.69) is 54.4 Å². The van der Waals surface area contributed by atoms with E-state index in [4.69, 9.17) is 5.73 Å². The van der Waals surface area contributed by atoms with Gasteiger partial charge >= 0.3 is 0 Å². The van der Waals surface area contributed by atoms with E-state index in [0.29, 0.717) is 0 Å². The van der Waals surface area contributed by atoms with E-state index < -0.39 is 0 Å². The lowest BCUT2D eigenvalue weighted by Crippen LogP contribution is -2.21. The van der Waals surface area contributed by atoms with Crippen LogP contribution in [0.2, 0.25) is 0 Å². The Kier molecular flexibility index (Phi) is 4.88. The van der Waals surface area contributed by atoms with E-state index in [1.165, 1.54) is 11.3 Å². The summed E-state index contributed by atoms with van der Waals surface area (Å²) in [6.45, 7) is 7.21. The summed E-state index contributed by atoms with van der Waals surface area (Å²) >= 11 is 0. The second kappa shape index (κ2) is 6.85. The molecule has 0 radical (unpaired) electrons. The molecule has 0 unspecified atom stereocenters. The Bertz CT molecular complexity index is 530. The Morgan fingerprint density at radius 1 is 1.00 bits per heavy atom. The normalized spacial score (nSPS) is 10.3. The largest absolute Gasteiger partial charge is 0.399 e. The molecule has 0 saturated carbocycles. The first kappa shape index (κ1) is 14.3. The Morgan fingerprint density at radius 3 is 2.30 bits per heavy atom. The van der Waals surface area contributed by atoms with Crippen LogP contribution in [0.15, 0.2) is 48.5 Å². The monoisotopic (exact) mass is 269 g/mol. The third-order valence-corrected chi connectivity index (χ3v) is 3.44. The van der Waals surface area contributed by atoms with Crippen LogP contribution in [0.4, 0.5) is 17.1 Å². The van der Waals surface area contributed by atoms with Crippen molar-refractivity contribution < 1.29 is 0 Å². The first-order valence-electron chi connectivity index (χ1n) is 7.16. The maximum atomic E-state index is 5.78. The average Bonchev–Trinajstić information content (AvgIpc) is 2.48. The third-order valence-electron chi connectivity index (χ3n) is 3.44. The van der Waals surface area contributed by atoms with E-state index in [0.717, 1.165) is 31.0 Å². The highest BCUT2D eigenvalue weighted by molar-refractivity contribution is 5.55. The minimum atomic E-state index is 0.787. The van der Waals surface area contributed by atoms with Crippen molar-refractivity contribution in [3.63, 3.8) is 0 Å². The zero-order chi connectivity index (χ0) is 14.4. The van der Waals surface area contributed by atoms with Gasteiger partial charge in [-0.15, -0.1) is 0 Å². The van der Waals surface area contributed by atoms with E-state index in [1.54, 1.807) is 0 Å². The topological polar surface area (TPSA) is 41.3 Å². The molecule has 0 bridgehead atoms. The molecular formula is C17H23N3. The molecule has 106 valence electrons. The molecule has 0 fully saturated rings. The molecule has 0 heterocycles. The molecule has 0 aliphatic carbocycles. The molecule has 3 heteroatoms. The Labute approximate surface area is 121 Å². The first-order valence-corrected chi connectivity index (χ1v) is 7.16. The fourth-order valence-electron chi connectivity index (χ4n) is 2.29. The van der Waals surface area contributed by atoms with Crippen LogP contribution >= 0.6 is 0 Å². The molecule has 0 aliphatic heterocycles. The van der Waals surface area contributed by atoms with Gasteiger partial charge in [-0.05, 0) is 55.8 Å². The van der Waals surface area contributed by atoms with Crippen LogP contribution in [0.5, 0.6) is 0 Å². The molecule has 2 aromatic rings. The van der Waals surface area contributed by atoms with E-state index in [-0.39, 0.29) is 0 Å². The van der Waals surface area contributed by atoms with Crippen molar-refractivity contribution in [3.8, 4) is 0 Å². The zero-order valence-corrected chi connectivity index (χ0v) is 12.3. The lowest BCUT2D eigenvalue weighted by atomic mass is 10.2. The summed E-state index contributed by atoms with van der Waals surface area (Å²) in [5.74, 6) is 0. The van der Waals surface area contributed by atoms with Crippen molar-refractivity contribution >= 4 is 17.1 Å². The molecule has 0 atom stereocenters. The summed E-state index contributed by atoms with van der Waals surface area (Å²) < 4.78 is 0. The van der Waals surface area contributed by atoms with Crippen molar-refractivity contribution in [2.75, 3.05) is 29.0 Å². The smallest absolute Gasteiger partial charge is 0.0401 e. The van der Waals surface area contributed by atoms with Crippen molar-refractivity contribution in [3.05, 3.63) is 54.1 Å². The quantitative estimate of drug-likeness (QED) is 0.785. The molecule has 0 aliphatic rings. The Morgan fingerprint density at radius 2 is 1.70 bits per heavy atom. The zero-order valence-electron chi connectivity index (χ0n) is 12.3. The molecular weight excluding hydrogens is 246 g/mol. The van der Waals surface area contributed by atoms with Crippen LogP contribution in [0.1, 0.15) is 19.4 Å². The van der Waals surface area contributed by atoms with Gasteiger partial charge in [-0.25, -0.2) is 0 Å². The Hall–Kier alpha value is -2.16. The van der Waals surface area contributed by atoms with Gasteiger partial charge in [-0.2, -0.15) is 0 Å². The summed E-state index contributed by atoms with van der Waals surface area (Å²) in [7, 11) is 0. The third kappa shape index (κ3) is 3.67. The number of hydrogen-bond donors (Lipinski definition) is 2. The van der Waals surface area contributed by atoms with Crippen molar-refractivity contribution in [1.29, 1.82) is 0 Å². The highest BCUT2D eigenvalue weighted by Crippen LogP contribution is 2.18. The van der Waals surface area contributed by atoms with E-state index in [1.807, 2.05) is 18.2 Å². The predicted octanol–water partition coefficient (Wildman–Crippen LogP) is 3.73.